The number of carbonyl (C=O) groups is 2. The molecule has 140 valence electrons. The minimum Gasteiger partial charge on any atom is -0.496 e. The van der Waals surface area contributed by atoms with Crippen LogP contribution in [0.25, 0.3) is 0 Å². The van der Waals surface area contributed by atoms with E-state index in [4.69, 9.17) is 4.74 Å². The molecule has 1 N–H and O–H groups in total. The van der Waals surface area contributed by atoms with Crippen molar-refractivity contribution >= 4 is 23.7 Å². The summed E-state index contributed by atoms with van der Waals surface area (Å²) in [6, 6.07) is 15.3. The molecule has 2 amide bonds. The number of benzene rings is 2. The Labute approximate surface area is 158 Å². The van der Waals surface area contributed by atoms with E-state index in [0.29, 0.717) is 12.3 Å². The van der Waals surface area contributed by atoms with Crippen molar-refractivity contribution in [3.63, 3.8) is 0 Å². The number of para-hydroxylation sites is 1. The van der Waals surface area contributed by atoms with E-state index in [0.717, 1.165) is 17.7 Å². The number of hydrogen-bond donors (Lipinski definition) is 1. The second kappa shape index (κ2) is 8.49. The van der Waals surface area contributed by atoms with Crippen molar-refractivity contribution in [3.05, 3.63) is 59.7 Å². The van der Waals surface area contributed by atoms with Gasteiger partial charge >= 0.3 is 0 Å². The number of hydrogen-bond acceptors (Lipinski definition) is 4. The molecule has 27 heavy (non-hydrogen) atoms. The zero-order valence-corrected chi connectivity index (χ0v) is 15.5. The molecule has 1 heterocycles. The molecular weight excluding hydrogens is 342 g/mol. The molecule has 1 aliphatic rings. The van der Waals surface area contributed by atoms with Crippen LogP contribution in [0.1, 0.15) is 24.5 Å². The molecule has 0 aromatic heterocycles. The summed E-state index contributed by atoms with van der Waals surface area (Å²) in [5, 5.41) is 4.01. The van der Waals surface area contributed by atoms with Crippen LogP contribution in [0.4, 0.5) is 5.69 Å². The summed E-state index contributed by atoms with van der Waals surface area (Å²) in [5.74, 6) is -0.0540. The van der Waals surface area contributed by atoms with Gasteiger partial charge in [-0.15, -0.1) is 0 Å². The van der Waals surface area contributed by atoms with Crippen LogP contribution >= 0.6 is 0 Å². The molecule has 1 atom stereocenters. The Morgan fingerprint density at radius 3 is 2.70 bits per heavy atom. The zero-order chi connectivity index (χ0) is 19.2. The van der Waals surface area contributed by atoms with Gasteiger partial charge in [0.15, 0.2) is 0 Å². The van der Waals surface area contributed by atoms with Crippen LogP contribution in [-0.4, -0.2) is 31.7 Å². The number of amides is 2. The third-order valence-corrected chi connectivity index (χ3v) is 4.67. The lowest BCUT2D eigenvalue weighted by molar-refractivity contribution is -0.126. The van der Waals surface area contributed by atoms with E-state index in [-0.39, 0.29) is 18.2 Å². The highest BCUT2D eigenvalue weighted by Crippen LogP contribution is 2.25. The summed E-state index contributed by atoms with van der Waals surface area (Å²) >= 11 is 0. The molecule has 1 fully saturated rings. The standard InChI is InChI=1S/C21H23N3O3/c1-3-15-8-10-18(11-9-15)24-14-17(12-20(24)25)21(26)23-22-13-16-6-4-5-7-19(16)27-2/h4-11,13,17H,3,12,14H2,1-2H3,(H,23,26)/b22-13-/t17-/m1/s1. The van der Waals surface area contributed by atoms with Gasteiger partial charge in [0.1, 0.15) is 5.75 Å². The van der Waals surface area contributed by atoms with Gasteiger partial charge in [-0.1, -0.05) is 31.2 Å². The minimum absolute atomic E-state index is 0.0480. The van der Waals surface area contributed by atoms with E-state index in [1.54, 1.807) is 12.0 Å². The van der Waals surface area contributed by atoms with Gasteiger partial charge in [-0.25, -0.2) is 5.43 Å². The number of aryl methyl sites for hydroxylation is 1. The van der Waals surface area contributed by atoms with Gasteiger partial charge < -0.3 is 9.64 Å². The maximum absolute atomic E-state index is 12.4. The van der Waals surface area contributed by atoms with Gasteiger partial charge in [0, 0.05) is 24.2 Å². The average molecular weight is 365 g/mol. The number of rotatable bonds is 6. The topological polar surface area (TPSA) is 71.0 Å². The SMILES string of the molecule is CCc1ccc(N2C[C@H](C(=O)N/N=C\c3ccccc3OC)CC2=O)cc1. The highest BCUT2D eigenvalue weighted by molar-refractivity contribution is 6.00. The lowest BCUT2D eigenvalue weighted by Crippen LogP contribution is -2.30. The first-order valence-corrected chi connectivity index (χ1v) is 8.97. The Hall–Kier alpha value is -3.15. The Morgan fingerprint density at radius 2 is 2.00 bits per heavy atom. The Morgan fingerprint density at radius 1 is 1.26 bits per heavy atom. The maximum Gasteiger partial charge on any atom is 0.245 e. The second-order valence-electron chi connectivity index (χ2n) is 6.40. The molecule has 1 aliphatic heterocycles. The van der Waals surface area contributed by atoms with Crippen LogP contribution in [0.3, 0.4) is 0 Å². The summed E-state index contributed by atoms with van der Waals surface area (Å²) < 4.78 is 5.24. The van der Waals surface area contributed by atoms with Crippen LogP contribution in [0, 0.1) is 5.92 Å². The minimum atomic E-state index is -0.418. The van der Waals surface area contributed by atoms with E-state index >= 15 is 0 Å². The number of nitrogens with one attached hydrogen (secondary N) is 1. The van der Waals surface area contributed by atoms with Crippen molar-refractivity contribution in [2.45, 2.75) is 19.8 Å². The fourth-order valence-corrected chi connectivity index (χ4v) is 3.07. The number of hydrazone groups is 1. The molecular formula is C21H23N3O3. The summed E-state index contributed by atoms with van der Waals surface area (Å²) in [6.07, 6.45) is 2.67. The highest BCUT2D eigenvalue weighted by atomic mass is 16.5. The summed E-state index contributed by atoms with van der Waals surface area (Å²) in [5.41, 5.74) is 5.33. The van der Waals surface area contributed by atoms with Crippen LogP contribution in [-0.2, 0) is 16.0 Å². The van der Waals surface area contributed by atoms with Crippen molar-refractivity contribution in [2.75, 3.05) is 18.6 Å². The van der Waals surface area contributed by atoms with Gasteiger partial charge in [0.2, 0.25) is 11.8 Å². The molecule has 0 bridgehead atoms. The van der Waals surface area contributed by atoms with Gasteiger partial charge in [0.05, 0.1) is 19.2 Å². The fourth-order valence-electron chi connectivity index (χ4n) is 3.07. The summed E-state index contributed by atoms with van der Waals surface area (Å²) in [4.78, 5) is 26.4. The van der Waals surface area contributed by atoms with Crippen LogP contribution in [0.15, 0.2) is 53.6 Å². The summed E-state index contributed by atoms with van der Waals surface area (Å²) in [7, 11) is 1.58. The van der Waals surface area contributed by atoms with Gasteiger partial charge in [-0.05, 0) is 36.2 Å². The van der Waals surface area contributed by atoms with Crippen LogP contribution in [0.2, 0.25) is 0 Å². The molecule has 0 spiro atoms. The first kappa shape index (κ1) is 18.6. The summed E-state index contributed by atoms with van der Waals surface area (Å²) in [6.45, 7) is 2.45. The van der Waals surface area contributed by atoms with Gasteiger partial charge in [0.25, 0.3) is 0 Å². The van der Waals surface area contributed by atoms with Crippen molar-refractivity contribution < 1.29 is 14.3 Å². The second-order valence-corrected chi connectivity index (χ2v) is 6.40. The van der Waals surface area contributed by atoms with E-state index < -0.39 is 5.92 Å². The van der Waals surface area contributed by atoms with Crippen molar-refractivity contribution in [3.8, 4) is 5.75 Å². The monoisotopic (exact) mass is 365 g/mol. The molecule has 2 aromatic carbocycles. The van der Waals surface area contributed by atoms with Crippen molar-refractivity contribution in [1.29, 1.82) is 0 Å². The molecule has 0 aliphatic carbocycles. The third-order valence-electron chi connectivity index (χ3n) is 4.67. The van der Waals surface area contributed by atoms with Crippen molar-refractivity contribution in [1.82, 2.24) is 5.43 Å². The number of methoxy groups -OCH3 is 1. The van der Waals surface area contributed by atoms with Gasteiger partial charge in [-0.3, -0.25) is 9.59 Å². The highest BCUT2D eigenvalue weighted by Gasteiger charge is 2.35. The van der Waals surface area contributed by atoms with E-state index in [9.17, 15) is 9.59 Å². The number of carbonyl (C=O) groups excluding carboxylic acids is 2. The van der Waals surface area contributed by atoms with Crippen molar-refractivity contribution in [2.24, 2.45) is 11.0 Å². The number of ether oxygens (including phenoxy) is 1. The normalized spacial score (nSPS) is 16.7. The number of nitrogens with zero attached hydrogens (tertiary/aromatic N) is 2. The molecule has 0 unspecified atom stereocenters. The van der Waals surface area contributed by atoms with E-state index in [1.165, 1.54) is 11.8 Å². The first-order valence-electron chi connectivity index (χ1n) is 8.97. The molecule has 6 heteroatoms. The Balaban J connectivity index is 1.61. The predicted octanol–water partition coefficient (Wildman–Crippen LogP) is 2.76. The lowest BCUT2D eigenvalue weighted by Gasteiger charge is -2.16. The van der Waals surface area contributed by atoms with E-state index in [2.05, 4.69) is 17.5 Å². The molecule has 0 radical (unpaired) electrons. The molecule has 0 saturated carbocycles. The average Bonchev–Trinajstić information content (AvgIpc) is 3.10. The van der Waals surface area contributed by atoms with Crippen LogP contribution < -0.4 is 15.1 Å². The molecule has 1 saturated heterocycles. The third kappa shape index (κ3) is 4.34. The fraction of sp³-hybridized carbons (Fsp3) is 0.286. The molecule has 6 nitrogen and oxygen atoms in total. The number of anilines is 1. The predicted molar refractivity (Wildman–Crippen MR) is 105 cm³/mol. The lowest BCUT2D eigenvalue weighted by atomic mass is 10.1. The van der Waals surface area contributed by atoms with Crippen LogP contribution in [0.5, 0.6) is 5.75 Å². The maximum atomic E-state index is 12.4. The van der Waals surface area contributed by atoms with E-state index in [1.807, 2.05) is 48.5 Å². The first-order chi connectivity index (χ1) is 13.1. The largest absolute Gasteiger partial charge is 0.496 e. The Bertz CT molecular complexity index is 846. The molecule has 2 aromatic rings. The quantitative estimate of drug-likeness (QED) is 0.632. The zero-order valence-electron chi connectivity index (χ0n) is 15.5. The van der Waals surface area contributed by atoms with Gasteiger partial charge in [-0.2, -0.15) is 5.10 Å². The Kier molecular flexibility index (Phi) is 5.86. The molecule has 3 rings (SSSR count). The smallest absolute Gasteiger partial charge is 0.245 e.